The summed E-state index contributed by atoms with van der Waals surface area (Å²) < 4.78 is 0. The van der Waals surface area contributed by atoms with Crippen LogP contribution in [0.5, 0.6) is 0 Å². The highest BCUT2D eigenvalue weighted by Gasteiger charge is 2.50. The molecule has 132 valence electrons. The molecule has 2 N–H and O–H groups in total. The summed E-state index contributed by atoms with van der Waals surface area (Å²) in [7, 11) is 0. The van der Waals surface area contributed by atoms with E-state index in [0.29, 0.717) is 5.92 Å². The number of thiocarbonyl (C=S) groups is 1. The second-order valence-corrected chi connectivity index (χ2v) is 7.47. The van der Waals surface area contributed by atoms with Gasteiger partial charge in [0.05, 0.1) is 11.7 Å². The van der Waals surface area contributed by atoms with E-state index in [0.717, 1.165) is 57.0 Å². The first kappa shape index (κ1) is 18.5. The van der Waals surface area contributed by atoms with Crippen molar-refractivity contribution in [1.82, 2.24) is 20.4 Å². The van der Waals surface area contributed by atoms with E-state index in [1.54, 1.807) is 0 Å². The summed E-state index contributed by atoms with van der Waals surface area (Å²) in [6.07, 6.45) is 4.06. The molecule has 0 aromatic heterocycles. The van der Waals surface area contributed by atoms with Gasteiger partial charge in [-0.05, 0) is 31.5 Å². The third-order valence-electron chi connectivity index (χ3n) is 5.23. The number of hydrogen-bond acceptors (Lipinski definition) is 3. The monoisotopic (exact) mass is 340 g/mol. The Hall–Kier alpha value is -0.880. The van der Waals surface area contributed by atoms with E-state index in [4.69, 9.17) is 12.2 Å². The molecule has 2 heterocycles. The lowest BCUT2D eigenvalue weighted by Crippen LogP contribution is -2.60. The van der Waals surface area contributed by atoms with Gasteiger partial charge in [0.1, 0.15) is 0 Å². The number of hydrogen-bond donors (Lipinski definition) is 2. The van der Waals surface area contributed by atoms with Crippen molar-refractivity contribution in [1.29, 1.82) is 0 Å². The molecule has 0 saturated carbocycles. The molecule has 2 atom stereocenters. The number of carbonyl (C=O) groups is 1. The first-order valence-electron chi connectivity index (χ1n) is 9.05. The Balaban J connectivity index is 2.01. The molecule has 2 aliphatic rings. The molecule has 0 bridgehead atoms. The van der Waals surface area contributed by atoms with Crippen molar-refractivity contribution in [3.8, 4) is 0 Å². The average Bonchev–Trinajstić information content (AvgIpc) is 2.77. The Labute approximate surface area is 146 Å². The number of nitrogens with zero attached hydrogens (tertiary/aromatic N) is 2. The fraction of sp³-hybridized carbons (Fsp3) is 0.882. The lowest BCUT2D eigenvalue weighted by molar-refractivity contribution is -0.133. The molecule has 1 amide bonds. The maximum absolute atomic E-state index is 12.6. The highest BCUT2D eigenvalue weighted by Crippen LogP contribution is 2.33. The van der Waals surface area contributed by atoms with E-state index >= 15 is 0 Å². The Morgan fingerprint density at radius 2 is 2.09 bits per heavy atom. The maximum atomic E-state index is 12.6. The highest BCUT2D eigenvalue weighted by molar-refractivity contribution is 7.80. The van der Waals surface area contributed by atoms with Crippen LogP contribution in [0, 0.1) is 5.92 Å². The third kappa shape index (κ3) is 3.97. The van der Waals surface area contributed by atoms with Crippen LogP contribution < -0.4 is 10.6 Å². The predicted octanol–water partition coefficient (Wildman–Crippen LogP) is 1.93. The van der Waals surface area contributed by atoms with E-state index in [9.17, 15) is 4.79 Å². The third-order valence-corrected chi connectivity index (χ3v) is 5.64. The zero-order chi connectivity index (χ0) is 17.0. The lowest BCUT2D eigenvalue weighted by atomic mass is 9.94. The molecule has 0 radical (unpaired) electrons. The first-order valence-corrected chi connectivity index (χ1v) is 9.46. The number of likely N-dealkylation sites (tertiary alicyclic amines) is 1. The largest absolute Gasteiger partial charge is 0.363 e. The Morgan fingerprint density at radius 1 is 1.43 bits per heavy atom. The first-order chi connectivity index (χ1) is 10.9. The van der Waals surface area contributed by atoms with E-state index < -0.39 is 0 Å². The van der Waals surface area contributed by atoms with Gasteiger partial charge in [-0.15, -0.1) is 0 Å². The summed E-state index contributed by atoms with van der Waals surface area (Å²) in [5.74, 6) is 0.790. The molecule has 0 aromatic rings. The zero-order valence-corrected chi connectivity index (χ0v) is 15.8. The van der Waals surface area contributed by atoms with Crippen molar-refractivity contribution in [3.63, 3.8) is 0 Å². The summed E-state index contributed by atoms with van der Waals surface area (Å²) in [6, 6.07) is -0.0734. The second-order valence-electron chi connectivity index (χ2n) is 7.08. The summed E-state index contributed by atoms with van der Waals surface area (Å²) in [4.78, 5) is 17.0. The molecule has 1 spiro atoms. The van der Waals surface area contributed by atoms with Gasteiger partial charge in [0.25, 0.3) is 0 Å². The summed E-state index contributed by atoms with van der Waals surface area (Å²) in [6.45, 7) is 12.1. The SMILES string of the molecule is CCCNC(=S)N1CCC2(CC1)N[C@@H](C)C(=O)N2C[C@@H](C)CC. The van der Waals surface area contributed by atoms with Crippen molar-refractivity contribution >= 4 is 23.2 Å². The average molecular weight is 341 g/mol. The van der Waals surface area contributed by atoms with Gasteiger partial charge < -0.3 is 15.1 Å². The summed E-state index contributed by atoms with van der Waals surface area (Å²) in [5, 5.41) is 7.75. The molecule has 6 heteroatoms. The van der Waals surface area contributed by atoms with Crippen LogP contribution in [0.3, 0.4) is 0 Å². The number of piperidine rings is 1. The fourth-order valence-electron chi connectivity index (χ4n) is 3.53. The van der Waals surface area contributed by atoms with Crippen molar-refractivity contribution in [3.05, 3.63) is 0 Å². The Kier molecular flexibility index (Phi) is 6.26. The van der Waals surface area contributed by atoms with E-state index in [-0.39, 0.29) is 17.6 Å². The van der Waals surface area contributed by atoms with Gasteiger partial charge in [-0.1, -0.05) is 27.2 Å². The van der Waals surface area contributed by atoms with Gasteiger partial charge in [-0.2, -0.15) is 0 Å². The van der Waals surface area contributed by atoms with Crippen molar-refractivity contribution < 1.29 is 4.79 Å². The number of rotatable bonds is 5. The fourth-order valence-corrected chi connectivity index (χ4v) is 3.82. The minimum absolute atomic E-state index is 0.0734. The van der Waals surface area contributed by atoms with E-state index in [2.05, 4.69) is 41.2 Å². The Bertz CT molecular complexity index is 434. The van der Waals surface area contributed by atoms with Crippen LogP contribution >= 0.6 is 12.2 Å². The number of amides is 1. The molecule has 2 rings (SSSR count). The van der Waals surface area contributed by atoms with E-state index in [1.165, 1.54) is 0 Å². The van der Waals surface area contributed by atoms with Crippen LogP contribution in [0.1, 0.15) is 53.4 Å². The van der Waals surface area contributed by atoms with Gasteiger partial charge in [0.15, 0.2) is 5.11 Å². The Morgan fingerprint density at radius 3 is 2.65 bits per heavy atom. The number of carbonyl (C=O) groups excluding carboxylic acids is 1. The minimum Gasteiger partial charge on any atom is -0.363 e. The van der Waals surface area contributed by atoms with Crippen molar-refractivity contribution in [2.24, 2.45) is 5.92 Å². The van der Waals surface area contributed by atoms with Gasteiger partial charge in [0, 0.05) is 39.0 Å². The van der Waals surface area contributed by atoms with Crippen molar-refractivity contribution in [2.45, 2.75) is 65.1 Å². The molecule has 2 fully saturated rings. The smallest absolute Gasteiger partial charge is 0.240 e. The van der Waals surface area contributed by atoms with Crippen LogP contribution in [-0.4, -0.2) is 58.7 Å². The minimum atomic E-state index is -0.170. The highest BCUT2D eigenvalue weighted by atomic mass is 32.1. The van der Waals surface area contributed by atoms with Gasteiger partial charge >= 0.3 is 0 Å². The van der Waals surface area contributed by atoms with E-state index in [1.807, 2.05) is 6.92 Å². The standard InChI is InChI=1S/C17H32N4OS/c1-5-9-18-16(23)20-10-7-17(8-11-20)19-14(4)15(22)21(17)12-13(3)6-2/h13-14,19H,5-12H2,1-4H3,(H,18,23)/t13-,14-/m0/s1. The molecule has 0 aliphatic carbocycles. The molecule has 0 unspecified atom stereocenters. The molecule has 2 aliphatic heterocycles. The normalized spacial score (nSPS) is 25.0. The summed E-state index contributed by atoms with van der Waals surface area (Å²) >= 11 is 5.48. The second kappa shape index (κ2) is 7.79. The number of nitrogens with one attached hydrogen (secondary N) is 2. The molecule has 2 saturated heterocycles. The molecular weight excluding hydrogens is 308 g/mol. The lowest BCUT2D eigenvalue weighted by Gasteiger charge is -2.46. The molecule has 23 heavy (non-hydrogen) atoms. The predicted molar refractivity (Wildman–Crippen MR) is 98.2 cm³/mol. The van der Waals surface area contributed by atoms with Gasteiger partial charge in [-0.3, -0.25) is 10.1 Å². The molecule has 5 nitrogen and oxygen atoms in total. The van der Waals surface area contributed by atoms with Crippen LogP contribution in [0.25, 0.3) is 0 Å². The van der Waals surface area contributed by atoms with Crippen LogP contribution in [0.15, 0.2) is 0 Å². The molecular formula is C17H32N4OS. The zero-order valence-electron chi connectivity index (χ0n) is 15.0. The maximum Gasteiger partial charge on any atom is 0.240 e. The van der Waals surface area contributed by atoms with Crippen LogP contribution in [0.4, 0.5) is 0 Å². The molecule has 0 aromatic carbocycles. The van der Waals surface area contributed by atoms with Crippen LogP contribution in [-0.2, 0) is 4.79 Å². The van der Waals surface area contributed by atoms with Crippen LogP contribution in [0.2, 0.25) is 0 Å². The van der Waals surface area contributed by atoms with Gasteiger partial charge in [-0.25, -0.2) is 0 Å². The topological polar surface area (TPSA) is 47.6 Å². The summed E-state index contributed by atoms with van der Waals surface area (Å²) in [5.41, 5.74) is -0.170. The quantitative estimate of drug-likeness (QED) is 0.749. The van der Waals surface area contributed by atoms with Gasteiger partial charge in [0.2, 0.25) is 5.91 Å². The van der Waals surface area contributed by atoms with Crippen molar-refractivity contribution in [2.75, 3.05) is 26.2 Å².